The average Bonchev–Trinajstić information content (AvgIpc) is 2.34. The Labute approximate surface area is 101 Å². The lowest BCUT2D eigenvalue weighted by Crippen LogP contribution is -2.54. The predicted molar refractivity (Wildman–Crippen MR) is 60.1 cm³/mol. The van der Waals surface area contributed by atoms with E-state index in [4.69, 9.17) is 0 Å². The summed E-state index contributed by atoms with van der Waals surface area (Å²) in [5.41, 5.74) is 0. The zero-order valence-electron chi connectivity index (χ0n) is 10.3. The second-order valence-electron chi connectivity index (χ2n) is 3.91. The van der Waals surface area contributed by atoms with Crippen LogP contribution in [-0.2, 0) is 19.1 Å². The van der Waals surface area contributed by atoms with Gasteiger partial charge in [0, 0.05) is 26.2 Å². The molecule has 0 bridgehead atoms. The summed E-state index contributed by atoms with van der Waals surface area (Å²) in [7, 11) is 1.30. The van der Waals surface area contributed by atoms with Crippen LogP contribution in [-0.4, -0.2) is 60.9 Å². The number of hydrogen-bond acceptors (Lipinski definition) is 4. The van der Waals surface area contributed by atoms with Crippen molar-refractivity contribution >= 4 is 17.8 Å². The van der Waals surface area contributed by atoms with E-state index in [2.05, 4.69) is 4.74 Å². The van der Waals surface area contributed by atoms with Gasteiger partial charge in [0.05, 0.1) is 13.5 Å². The van der Waals surface area contributed by atoms with Gasteiger partial charge in [0.1, 0.15) is 0 Å². The normalized spacial score (nSPS) is 16.4. The van der Waals surface area contributed by atoms with E-state index in [1.807, 2.05) is 6.92 Å². The van der Waals surface area contributed by atoms with Gasteiger partial charge in [-0.1, -0.05) is 6.92 Å². The predicted octanol–water partition coefficient (Wildman–Crippen LogP) is -0.370. The Hall–Kier alpha value is -1.59. The van der Waals surface area contributed by atoms with Crippen molar-refractivity contribution in [3.8, 4) is 0 Å². The molecule has 0 radical (unpaired) electrons. The van der Waals surface area contributed by atoms with Gasteiger partial charge in [-0.3, -0.25) is 14.4 Å². The van der Waals surface area contributed by atoms with E-state index in [0.29, 0.717) is 19.6 Å². The van der Waals surface area contributed by atoms with E-state index >= 15 is 0 Å². The minimum Gasteiger partial charge on any atom is -0.469 e. The molecule has 1 saturated heterocycles. The number of methoxy groups -OCH3 is 1. The third-order valence-corrected chi connectivity index (χ3v) is 2.70. The number of nitrogens with zero attached hydrogens (tertiary/aromatic N) is 2. The number of esters is 1. The van der Waals surface area contributed by atoms with Crippen molar-refractivity contribution in [3.05, 3.63) is 0 Å². The standard InChI is InChI=1S/C11H18N2O4/c1-3-5-12-7-8-13(11(16)10(12)15)6-4-9(14)17-2/h3-8H2,1-2H3. The van der Waals surface area contributed by atoms with Gasteiger partial charge < -0.3 is 14.5 Å². The highest BCUT2D eigenvalue weighted by atomic mass is 16.5. The second-order valence-corrected chi connectivity index (χ2v) is 3.91. The molecular weight excluding hydrogens is 224 g/mol. The lowest BCUT2D eigenvalue weighted by molar-refractivity contribution is -0.156. The fourth-order valence-corrected chi connectivity index (χ4v) is 1.74. The molecule has 0 atom stereocenters. The fourth-order valence-electron chi connectivity index (χ4n) is 1.74. The van der Waals surface area contributed by atoms with Crippen LogP contribution in [0.2, 0.25) is 0 Å². The van der Waals surface area contributed by atoms with E-state index < -0.39 is 11.8 Å². The molecule has 0 spiro atoms. The van der Waals surface area contributed by atoms with E-state index in [0.717, 1.165) is 6.42 Å². The number of ether oxygens (including phenoxy) is 1. The van der Waals surface area contributed by atoms with Crippen LogP contribution >= 0.6 is 0 Å². The second kappa shape index (κ2) is 6.22. The quantitative estimate of drug-likeness (QED) is 0.487. The van der Waals surface area contributed by atoms with E-state index in [9.17, 15) is 14.4 Å². The molecular formula is C11H18N2O4. The van der Waals surface area contributed by atoms with Crippen molar-refractivity contribution < 1.29 is 19.1 Å². The minimum atomic E-state index is -0.520. The first-order chi connectivity index (χ1) is 8.10. The fraction of sp³-hybridized carbons (Fsp3) is 0.727. The third kappa shape index (κ3) is 3.44. The summed E-state index contributed by atoms with van der Waals surface area (Å²) >= 11 is 0. The molecule has 0 aromatic rings. The van der Waals surface area contributed by atoms with Gasteiger partial charge >= 0.3 is 17.8 Å². The molecule has 0 unspecified atom stereocenters. The van der Waals surface area contributed by atoms with Crippen LogP contribution in [0.4, 0.5) is 0 Å². The molecule has 6 heteroatoms. The largest absolute Gasteiger partial charge is 0.469 e. The molecule has 0 aliphatic carbocycles. The summed E-state index contributed by atoms with van der Waals surface area (Å²) in [5, 5.41) is 0. The zero-order valence-corrected chi connectivity index (χ0v) is 10.3. The molecule has 96 valence electrons. The summed E-state index contributed by atoms with van der Waals surface area (Å²) in [6, 6.07) is 0. The number of carbonyl (C=O) groups is 3. The van der Waals surface area contributed by atoms with Crippen LogP contribution in [0.3, 0.4) is 0 Å². The number of amides is 2. The molecule has 0 aromatic heterocycles. The SMILES string of the molecule is CCCN1CCN(CCC(=O)OC)C(=O)C1=O. The van der Waals surface area contributed by atoms with Gasteiger partial charge in [0.25, 0.3) is 0 Å². The molecule has 0 aromatic carbocycles. The van der Waals surface area contributed by atoms with Crippen molar-refractivity contribution in [2.24, 2.45) is 0 Å². The first-order valence-corrected chi connectivity index (χ1v) is 5.75. The van der Waals surface area contributed by atoms with Crippen molar-refractivity contribution in [2.75, 3.05) is 33.3 Å². The number of rotatable bonds is 5. The zero-order chi connectivity index (χ0) is 12.8. The van der Waals surface area contributed by atoms with Crippen molar-refractivity contribution in [1.29, 1.82) is 0 Å². The van der Waals surface area contributed by atoms with E-state index in [1.54, 1.807) is 4.90 Å². The Morgan fingerprint density at radius 3 is 2.18 bits per heavy atom. The molecule has 1 rings (SSSR count). The van der Waals surface area contributed by atoms with Crippen molar-refractivity contribution in [3.63, 3.8) is 0 Å². The van der Waals surface area contributed by atoms with Crippen LogP contribution in [0.15, 0.2) is 0 Å². The maximum absolute atomic E-state index is 11.7. The maximum atomic E-state index is 11.7. The lowest BCUT2D eigenvalue weighted by Gasteiger charge is -2.33. The van der Waals surface area contributed by atoms with Crippen LogP contribution < -0.4 is 0 Å². The van der Waals surface area contributed by atoms with Crippen LogP contribution in [0.5, 0.6) is 0 Å². The van der Waals surface area contributed by atoms with Gasteiger partial charge in [-0.05, 0) is 6.42 Å². The maximum Gasteiger partial charge on any atom is 0.312 e. The van der Waals surface area contributed by atoms with Gasteiger partial charge in [0.15, 0.2) is 0 Å². The molecule has 1 aliphatic rings. The molecule has 6 nitrogen and oxygen atoms in total. The highest BCUT2D eigenvalue weighted by molar-refractivity contribution is 6.35. The van der Waals surface area contributed by atoms with Crippen LogP contribution in [0, 0.1) is 0 Å². The van der Waals surface area contributed by atoms with Crippen molar-refractivity contribution in [1.82, 2.24) is 9.80 Å². The first kappa shape index (κ1) is 13.5. The lowest BCUT2D eigenvalue weighted by atomic mass is 10.2. The smallest absolute Gasteiger partial charge is 0.312 e. The van der Waals surface area contributed by atoms with Crippen LogP contribution in [0.1, 0.15) is 19.8 Å². The average molecular weight is 242 g/mol. The number of hydrogen-bond donors (Lipinski definition) is 0. The highest BCUT2D eigenvalue weighted by Gasteiger charge is 2.31. The van der Waals surface area contributed by atoms with E-state index in [1.165, 1.54) is 12.0 Å². The number of carbonyl (C=O) groups excluding carboxylic acids is 3. The molecule has 1 fully saturated rings. The van der Waals surface area contributed by atoms with Gasteiger partial charge in [0.2, 0.25) is 0 Å². The summed E-state index contributed by atoms with van der Waals surface area (Å²) in [6.45, 7) is 3.84. The van der Waals surface area contributed by atoms with Crippen molar-refractivity contribution in [2.45, 2.75) is 19.8 Å². The monoisotopic (exact) mass is 242 g/mol. The Balaban J connectivity index is 2.48. The Bertz CT molecular complexity index is 317. The van der Waals surface area contributed by atoms with Crippen LogP contribution in [0.25, 0.3) is 0 Å². The number of piperazine rings is 1. The molecule has 2 amide bonds. The van der Waals surface area contributed by atoms with Gasteiger partial charge in [-0.25, -0.2) is 0 Å². The summed E-state index contributed by atoms with van der Waals surface area (Å²) in [4.78, 5) is 37.3. The van der Waals surface area contributed by atoms with E-state index in [-0.39, 0.29) is 18.9 Å². The Kier molecular flexibility index (Phi) is 4.93. The summed E-state index contributed by atoms with van der Waals surface area (Å²) < 4.78 is 4.49. The first-order valence-electron chi connectivity index (χ1n) is 5.75. The Morgan fingerprint density at radius 2 is 1.71 bits per heavy atom. The molecule has 17 heavy (non-hydrogen) atoms. The highest BCUT2D eigenvalue weighted by Crippen LogP contribution is 2.06. The molecule has 0 N–H and O–H groups in total. The molecule has 1 aliphatic heterocycles. The minimum absolute atomic E-state index is 0.128. The molecule has 1 heterocycles. The van der Waals surface area contributed by atoms with Gasteiger partial charge in [-0.2, -0.15) is 0 Å². The molecule has 0 saturated carbocycles. The Morgan fingerprint density at radius 1 is 1.18 bits per heavy atom. The summed E-state index contributed by atoms with van der Waals surface area (Å²) in [5.74, 6) is -1.36. The third-order valence-electron chi connectivity index (χ3n) is 2.70. The topological polar surface area (TPSA) is 66.9 Å². The van der Waals surface area contributed by atoms with Gasteiger partial charge in [-0.15, -0.1) is 0 Å². The summed E-state index contributed by atoms with van der Waals surface area (Å²) in [6.07, 6.45) is 0.963.